The number of methoxy groups -OCH3 is 1. The van der Waals surface area contributed by atoms with Gasteiger partial charge in [-0.25, -0.2) is 0 Å². The highest BCUT2D eigenvalue weighted by Gasteiger charge is 2.59. The molecule has 1 aromatic heterocycles. The molecule has 0 radical (unpaired) electrons. The minimum atomic E-state index is -0.434. The molecule has 192 valence electrons. The molecule has 2 aliphatic rings. The number of benzene rings is 1. The standard InChI is InChI=1S/C29H36N2O5/c1-5-15-31-16-14-28(24-7-6-8-26(18-24)36-22(2)32)19-25(11-13-29(28,21-31)34-4)30(3)27(33)10-9-23-12-17-35-20-23/h5-10,12,17-18,20,25H,1,11,13-16,19,21H2,2-4H3/b10-9+/t25-,28-,29-/m0/s1. The number of furan rings is 1. The lowest BCUT2D eigenvalue weighted by Crippen LogP contribution is -2.68. The molecule has 1 amide bonds. The minimum absolute atomic E-state index is 0.0399. The van der Waals surface area contributed by atoms with Gasteiger partial charge in [0.15, 0.2) is 0 Å². The summed E-state index contributed by atoms with van der Waals surface area (Å²) in [6.07, 6.45) is 11.8. The van der Waals surface area contributed by atoms with Crippen LogP contribution in [0.2, 0.25) is 0 Å². The number of fused-ring (bicyclic) bond motifs is 1. The van der Waals surface area contributed by atoms with Crippen LogP contribution in [-0.2, 0) is 19.7 Å². The Morgan fingerprint density at radius 2 is 2.14 bits per heavy atom. The number of hydrogen-bond donors (Lipinski definition) is 0. The molecule has 1 saturated heterocycles. The van der Waals surface area contributed by atoms with E-state index >= 15 is 0 Å². The van der Waals surface area contributed by atoms with Gasteiger partial charge in [-0.1, -0.05) is 18.2 Å². The van der Waals surface area contributed by atoms with Crippen LogP contribution in [0.1, 0.15) is 43.7 Å². The molecular formula is C29H36N2O5. The van der Waals surface area contributed by atoms with Crippen LogP contribution in [0.3, 0.4) is 0 Å². The summed E-state index contributed by atoms with van der Waals surface area (Å²) in [5.41, 5.74) is 1.16. The zero-order valence-electron chi connectivity index (χ0n) is 21.4. The maximum Gasteiger partial charge on any atom is 0.308 e. The SMILES string of the molecule is C=CCN1CC[C@@]2(c3cccc(OC(C)=O)c3)C[C@@H](N(C)C(=O)/C=C/c3ccoc3)CC[C@]2(OC)C1. The number of carbonyl (C=O) groups excluding carboxylic acids is 2. The van der Waals surface area contributed by atoms with E-state index in [9.17, 15) is 9.59 Å². The average molecular weight is 493 g/mol. The van der Waals surface area contributed by atoms with E-state index in [4.69, 9.17) is 13.9 Å². The second-order valence-electron chi connectivity index (χ2n) is 9.91. The van der Waals surface area contributed by atoms with Crippen molar-refractivity contribution in [1.29, 1.82) is 0 Å². The van der Waals surface area contributed by atoms with E-state index in [2.05, 4.69) is 17.5 Å². The first-order chi connectivity index (χ1) is 17.3. The Morgan fingerprint density at radius 3 is 2.83 bits per heavy atom. The summed E-state index contributed by atoms with van der Waals surface area (Å²) < 4.78 is 17.0. The topological polar surface area (TPSA) is 72.2 Å². The molecule has 36 heavy (non-hydrogen) atoms. The van der Waals surface area contributed by atoms with Crippen molar-refractivity contribution >= 4 is 18.0 Å². The molecule has 2 aromatic rings. The Bertz CT molecular complexity index is 1110. The fraction of sp³-hybridized carbons (Fsp3) is 0.448. The summed E-state index contributed by atoms with van der Waals surface area (Å²) in [6, 6.07) is 9.68. The zero-order chi connectivity index (χ0) is 25.8. The third-order valence-corrected chi connectivity index (χ3v) is 7.95. The van der Waals surface area contributed by atoms with Gasteiger partial charge >= 0.3 is 5.97 Å². The van der Waals surface area contributed by atoms with Crippen molar-refractivity contribution in [2.24, 2.45) is 0 Å². The van der Waals surface area contributed by atoms with E-state index in [0.717, 1.165) is 56.4 Å². The first kappa shape index (κ1) is 25.9. The molecule has 1 aliphatic heterocycles. The number of rotatable bonds is 8. The van der Waals surface area contributed by atoms with Gasteiger partial charge in [0.25, 0.3) is 0 Å². The summed E-state index contributed by atoms with van der Waals surface area (Å²) in [6.45, 7) is 7.80. The summed E-state index contributed by atoms with van der Waals surface area (Å²) in [5, 5.41) is 0. The molecular weight excluding hydrogens is 456 g/mol. The van der Waals surface area contributed by atoms with Crippen LogP contribution < -0.4 is 4.74 Å². The smallest absolute Gasteiger partial charge is 0.308 e. The summed E-state index contributed by atoms with van der Waals surface area (Å²) in [5.74, 6) is 0.140. The van der Waals surface area contributed by atoms with Crippen molar-refractivity contribution < 1.29 is 23.5 Å². The number of nitrogens with zero attached hydrogens (tertiary/aromatic N) is 2. The van der Waals surface area contributed by atoms with Crippen molar-refractivity contribution in [1.82, 2.24) is 9.80 Å². The second-order valence-corrected chi connectivity index (χ2v) is 9.91. The first-order valence-corrected chi connectivity index (χ1v) is 12.5. The Labute approximate surface area is 213 Å². The monoisotopic (exact) mass is 492 g/mol. The van der Waals surface area contributed by atoms with Crippen molar-refractivity contribution in [3.63, 3.8) is 0 Å². The number of esters is 1. The summed E-state index contributed by atoms with van der Waals surface area (Å²) in [4.78, 5) is 29.0. The maximum absolute atomic E-state index is 13.1. The van der Waals surface area contributed by atoms with Crippen molar-refractivity contribution in [2.45, 2.75) is 49.7 Å². The predicted octanol–water partition coefficient (Wildman–Crippen LogP) is 4.44. The number of ether oxygens (including phenoxy) is 2. The molecule has 7 heteroatoms. The van der Waals surface area contributed by atoms with E-state index < -0.39 is 5.60 Å². The van der Waals surface area contributed by atoms with Crippen LogP contribution in [-0.4, -0.2) is 67.1 Å². The molecule has 3 atom stereocenters. The molecule has 0 N–H and O–H groups in total. The molecule has 0 unspecified atom stereocenters. The van der Waals surface area contributed by atoms with Crippen molar-refractivity contribution in [2.75, 3.05) is 33.8 Å². The minimum Gasteiger partial charge on any atom is -0.472 e. The summed E-state index contributed by atoms with van der Waals surface area (Å²) in [7, 11) is 3.67. The maximum atomic E-state index is 13.1. The third kappa shape index (κ3) is 5.04. The molecule has 1 saturated carbocycles. The highest BCUT2D eigenvalue weighted by atomic mass is 16.5. The highest BCUT2D eigenvalue weighted by molar-refractivity contribution is 5.91. The quantitative estimate of drug-likeness (QED) is 0.235. The number of piperidine rings is 1. The number of hydrogen-bond acceptors (Lipinski definition) is 6. The Morgan fingerprint density at radius 1 is 1.31 bits per heavy atom. The second kappa shape index (κ2) is 10.8. The van der Waals surface area contributed by atoms with E-state index in [0.29, 0.717) is 5.75 Å². The third-order valence-electron chi connectivity index (χ3n) is 7.95. The molecule has 2 heterocycles. The van der Waals surface area contributed by atoms with Crippen LogP contribution in [0.5, 0.6) is 5.75 Å². The fourth-order valence-electron chi connectivity index (χ4n) is 6.09. The number of likely N-dealkylation sites (N-methyl/N-ethyl adjacent to an activating group) is 1. The number of amides is 1. The lowest BCUT2D eigenvalue weighted by Gasteiger charge is -2.60. The van der Waals surface area contributed by atoms with Crippen molar-refractivity contribution in [3.05, 3.63) is 72.7 Å². The van der Waals surface area contributed by atoms with E-state index in [1.54, 1.807) is 37.9 Å². The largest absolute Gasteiger partial charge is 0.472 e. The molecule has 0 spiro atoms. The fourth-order valence-corrected chi connectivity index (χ4v) is 6.09. The molecule has 1 aromatic carbocycles. The Hall–Kier alpha value is -3.16. The van der Waals surface area contributed by atoms with Gasteiger partial charge < -0.3 is 18.8 Å². The van der Waals surface area contributed by atoms with Crippen LogP contribution in [0, 0.1) is 0 Å². The van der Waals surface area contributed by atoms with Gasteiger partial charge in [-0.3, -0.25) is 14.5 Å². The zero-order valence-corrected chi connectivity index (χ0v) is 21.4. The van der Waals surface area contributed by atoms with Crippen LogP contribution in [0.25, 0.3) is 6.08 Å². The normalized spacial score (nSPS) is 26.4. The average Bonchev–Trinajstić information content (AvgIpc) is 3.40. The van der Waals surface area contributed by atoms with Gasteiger partial charge in [-0.05, 0) is 62.1 Å². The van der Waals surface area contributed by atoms with Crippen LogP contribution in [0.15, 0.2) is 66.0 Å². The summed E-state index contributed by atoms with van der Waals surface area (Å²) >= 11 is 0. The van der Waals surface area contributed by atoms with Gasteiger partial charge in [-0.15, -0.1) is 6.58 Å². The van der Waals surface area contributed by atoms with Gasteiger partial charge in [0.05, 0.1) is 18.1 Å². The first-order valence-electron chi connectivity index (χ1n) is 12.5. The van der Waals surface area contributed by atoms with E-state index in [1.807, 2.05) is 36.2 Å². The van der Waals surface area contributed by atoms with Crippen molar-refractivity contribution in [3.8, 4) is 5.75 Å². The number of carbonyl (C=O) groups is 2. The Kier molecular flexibility index (Phi) is 7.81. The van der Waals surface area contributed by atoms with Gasteiger partial charge in [0.2, 0.25) is 5.91 Å². The molecule has 2 fully saturated rings. The molecule has 0 bridgehead atoms. The lowest BCUT2D eigenvalue weighted by atomic mass is 9.55. The Balaban J connectivity index is 1.68. The molecule has 7 nitrogen and oxygen atoms in total. The van der Waals surface area contributed by atoms with Gasteiger partial charge in [0, 0.05) is 57.3 Å². The van der Waals surface area contributed by atoms with Gasteiger partial charge in [0.1, 0.15) is 5.75 Å². The van der Waals surface area contributed by atoms with E-state index in [-0.39, 0.29) is 23.3 Å². The predicted molar refractivity (Wildman–Crippen MR) is 139 cm³/mol. The van der Waals surface area contributed by atoms with Gasteiger partial charge in [-0.2, -0.15) is 0 Å². The molecule has 4 rings (SSSR count). The van der Waals surface area contributed by atoms with E-state index in [1.165, 1.54) is 6.92 Å². The van der Waals surface area contributed by atoms with Crippen LogP contribution >= 0.6 is 0 Å². The van der Waals surface area contributed by atoms with Crippen LogP contribution in [0.4, 0.5) is 0 Å². The number of likely N-dealkylation sites (tertiary alicyclic amines) is 1. The molecule has 1 aliphatic carbocycles. The lowest BCUT2D eigenvalue weighted by molar-refractivity contribution is -0.157. The highest BCUT2D eigenvalue weighted by Crippen LogP contribution is 2.54.